The zero-order chi connectivity index (χ0) is 22.1. The maximum absolute atomic E-state index is 13.7. The molecule has 0 spiro atoms. The van der Waals surface area contributed by atoms with Crippen LogP contribution in [0.3, 0.4) is 0 Å². The topological polar surface area (TPSA) is 147 Å². The number of aromatic amines is 1. The first-order chi connectivity index (χ1) is 14.1. The van der Waals surface area contributed by atoms with E-state index in [0.717, 1.165) is 6.07 Å². The molecule has 5 N–H and O–H groups in total. The van der Waals surface area contributed by atoms with E-state index in [4.69, 9.17) is 5.73 Å². The Hall–Kier alpha value is -3.73. The minimum atomic E-state index is -4.07. The van der Waals surface area contributed by atoms with E-state index in [0.29, 0.717) is 11.3 Å². The Labute approximate surface area is 171 Å². The maximum Gasteiger partial charge on any atom is 0.271 e. The van der Waals surface area contributed by atoms with Crippen molar-refractivity contribution in [3.63, 3.8) is 0 Å². The average molecular weight is 431 g/mol. The number of nitrogens with two attached hydrogens (primary N) is 1. The Balaban J connectivity index is 1.84. The summed E-state index contributed by atoms with van der Waals surface area (Å²) in [5, 5.41) is 8.83. The zero-order valence-corrected chi connectivity index (χ0v) is 16.8. The van der Waals surface area contributed by atoms with Crippen LogP contribution in [0.25, 0.3) is 0 Å². The van der Waals surface area contributed by atoms with Crippen molar-refractivity contribution in [1.82, 2.24) is 10.2 Å². The third kappa shape index (κ3) is 4.30. The van der Waals surface area contributed by atoms with Gasteiger partial charge in [0, 0.05) is 11.3 Å². The number of anilines is 2. The number of benzene rings is 2. The summed E-state index contributed by atoms with van der Waals surface area (Å²) in [4.78, 5) is 23.8. The van der Waals surface area contributed by atoms with Crippen LogP contribution in [0.4, 0.5) is 15.8 Å². The van der Waals surface area contributed by atoms with Gasteiger partial charge in [-0.25, -0.2) is 12.8 Å². The van der Waals surface area contributed by atoms with Crippen molar-refractivity contribution in [2.75, 3.05) is 10.0 Å². The first-order valence-corrected chi connectivity index (χ1v) is 10.1. The molecule has 0 unspecified atom stereocenters. The number of sulfonamides is 1. The number of carbonyl (C=O) groups excluding carboxylic acids is 2. The molecule has 156 valence electrons. The predicted octanol–water partition coefficient (Wildman–Crippen LogP) is 2.32. The summed E-state index contributed by atoms with van der Waals surface area (Å²) in [6, 6.07) is 9.23. The van der Waals surface area contributed by atoms with Gasteiger partial charge in [-0.15, -0.1) is 0 Å². The summed E-state index contributed by atoms with van der Waals surface area (Å²) in [6.07, 6.45) is 0. The average Bonchev–Trinajstić information content (AvgIpc) is 3.04. The van der Waals surface area contributed by atoms with E-state index in [1.54, 1.807) is 6.92 Å². The van der Waals surface area contributed by atoms with E-state index >= 15 is 0 Å². The van der Waals surface area contributed by atoms with Gasteiger partial charge in [0.05, 0.1) is 16.3 Å². The molecule has 30 heavy (non-hydrogen) atoms. The van der Waals surface area contributed by atoms with Gasteiger partial charge < -0.3 is 11.1 Å². The van der Waals surface area contributed by atoms with Crippen LogP contribution in [0.5, 0.6) is 0 Å². The normalized spacial score (nSPS) is 11.2. The highest BCUT2D eigenvalue weighted by Gasteiger charge is 2.20. The molecule has 0 radical (unpaired) electrons. The number of H-pyrrole nitrogens is 1. The lowest BCUT2D eigenvalue weighted by atomic mass is 10.2. The van der Waals surface area contributed by atoms with Gasteiger partial charge in [-0.3, -0.25) is 19.4 Å². The molecule has 1 heterocycles. The molecule has 3 rings (SSSR count). The minimum absolute atomic E-state index is 0.0997. The monoisotopic (exact) mass is 431 g/mol. The number of hydrogen-bond acceptors (Lipinski definition) is 5. The minimum Gasteiger partial charge on any atom is -0.364 e. The summed E-state index contributed by atoms with van der Waals surface area (Å²) >= 11 is 0. The number of primary amides is 1. The van der Waals surface area contributed by atoms with E-state index in [1.165, 1.54) is 43.3 Å². The van der Waals surface area contributed by atoms with Crippen molar-refractivity contribution in [3.05, 3.63) is 70.8 Å². The lowest BCUT2D eigenvalue weighted by Gasteiger charge is -2.11. The molecular formula is C19H18FN5O4S. The number of rotatable bonds is 6. The fourth-order valence-electron chi connectivity index (χ4n) is 2.62. The fourth-order valence-corrected chi connectivity index (χ4v) is 3.69. The highest BCUT2D eigenvalue weighted by Crippen LogP contribution is 2.21. The van der Waals surface area contributed by atoms with Crippen molar-refractivity contribution < 1.29 is 22.4 Å². The first-order valence-electron chi connectivity index (χ1n) is 8.63. The third-order valence-electron chi connectivity index (χ3n) is 4.25. The third-order valence-corrected chi connectivity index (χ3v) is 5.63. The smallest absolute Gasteiger partial charge is 0.271 e. The number of amides is 2. The largest absolute Gasteiger partial charge is 0.364 e. The van der Waals surface area contributed by atoms with Gasteiger partial charge in [-0.05, 0) is 49.7 Å². The second-order valence-corrected chi connectivity index (χ2v) is 8.17. The second kappa shape index (κ2) is 7.95. The van der Waals surface area contributed by atoms with Crippen LogP contribution >= 0.6 is 0 Å². The molecule has 0 saturated heterocycles. The maximum atomic E-state index is 13.7. The highest BCUT2D eigenvalue weighted by atomic mass is 32.2. The summed E-state index contributed by atoms with van der Waals surface area (Å²) in [7, 11) is -4.07. The number of hydrogen-bond donors (Lipinski definition) is 4. The van der Waals surface area contributed by atoms with Crippen LogP contribution in [0, 0.1) is 19.7 Å². The molecular weight excluding hydrogens is 413 g/mol. The molecule has 0 aliphatic rings. The Bertz CT molecular complexity index is 1250. The Morgan fingerprint density at radius 1 is 1.13 bits per heavy atom. The Kier molecular flexibility index (Phi) is 5.56. The standard InChI is InChI=1S/C19H18FN5O4S/c1-10-6-7-14(9-15(10)20)30(28,29)25-13-5-3-4-12(8-13)19(27)22-16-11(2)23-24-17(16)18(21)26/h3-9,25H,1-2H3,(H2,21,26)(H,22,27)(H,23,24). The lowest BCUT2D eigenvalue weighted by molar-refractivity contribution is 0.0996. The summed E-state index contributed by atoms with van der Waals surface area (Å²) < 4.78 is 41.1. The van der Waals surface area contributed by atoms with Gasteiger partial charge in [-0.2, -0.15) is 5.10 Å². The summed E-state index contributed by atoms with van der Waals surface area (Å²) in [5.74, 6) is -2.07. The van der Waals surface area contributed by atoms with E-state index in [-0.39, 0.29) is 27.5 Å². The molecule has 0 aliphatic carbocycles. The SMILES string of the molecule is Cc1ccc(S(=O)(=O)Nc2cccc(C(=O)Nc3c(C(N)=O)n[nH]c3C)c2)cc1F. The number of nitrogens with zero attached hydrogens (tertiary/aromatic N) is 1. The van der Waals surface area contributed by atoms with E-state index in [9.17, 15) is 22.4 Å². The van der Waals surface area contributed by atoms with Gasteiger partial charge >= 0.3 is 0 Å². The number of aromatic nitrogens is 2. The van der Waals surface area contributed by atoms with E-state index in [1.807, 2.05) is 0 Å². The summed E-state index contributed by atoms with van der Waals surface area (Å²) in [5.41, 5.74) is 6.20. The van der Waals surface area contributed by atoms with Gasteiger partial charge in [-0.1, -0.05) is 12.1 Å². The molecule has 0 atom stereocenters. The fraction of sp³-hybridized carbons (Fsp3) is 0.105. The Morgan fingerprint density at radius 3 is 2.53 bits per heavy atom. The van der Waals surface area contributed by atoms with Gasteiger partial charge in [0.1, 0.15) is 5.82 Å². The molecule has 0 saturated carbocycles. The van der Waals surface area contributed by atoms with Crippen LogP contribution in [-0.4, -0.2) is 30.4 Å². The molecule has 0 aliphatic heterocycles. The molecule has 0 bridgehead atoms. The number of halogens is 1. The lowest BCUT2D eigenvalue weighted by Crippen LogP contribution is -2.19. The zero-order valence-electron chi connectivity index (χ0n) is 16.0. The number of carbonyl (C=O) groups is 2. The van der Waals surface area contributed by atoms with Crippen LogP contribution in [0.1, 0.15) is 32.1 Å². The highest BCUT2D eigenvalue weighted by molar-refractivity contribution is 7.92. The summed E-state index contributed by atoms with van der Waals surface area (Å²) in [6.45, 7) is 3.12. The van der Waals surface area contributed by atoms with Crippen molar-refractivity contribution in [3.8, 4) is 0 Å². The van der Waals surface area contributed by atoms with Crippen LogP contribution < -0.4 is 15.8 Å². The number of aryl methyl sites for hydroxylation is 2. The van der Waals surface area contributed by atoms with Crippen molar-refractivity contribution in [2.45, 2.75) is 18.7 Å². The number of nitrogens with one attached hydrogen (secondary N) is 3. The van der Waals surface area contributed by atoms with Crippen LogP contribution in [0.2, 0.25) is 0 Å². The Morgan fingerprint density at radius 2 is 1.87 bits per heavy atom. The second-order valence-electron chi connectivity index (χ2n) is 6.49. The van der Waals surface area contributed by atoms with Crippen molar-refractivity contribution in [2.24, 2.45) is 5.73 Å². The molecule has 9 nitrogen and oxygen atoms in total. The predicted molar refractivity (Wildman–Crippen MR) is 108 cm³/mol. The van der Waals surface area contributed by atoms with Gasteiger partial charge in [0.2, 0.25) is 0 Å². The molecule has 2 amide bonds. The van der Waals surface area contributed by atoms with Crippen molar-refractivity contribution >= 4 is 33.2 Å². The van der Waals surface area contributed by atoms with Crippen molar-refractivity contribution in [1.29, 1.82) is 0 Å². The van der Waals surface area contributed by atoms with E-state index < -0.39 is 27.7 Å². The molecule has 2 aromatic carbocycles. The molecule has 0 fully saturated rings. The van der Waals surface area contributed by atoms with E-state index in [2.05, 4.69) is 20.2 Å². The van der Waals surface area contributed by atoms with Gasteiger partial charge in [0.25, 0.3) is 21.8 Å². The van der Waals surface area contributed by atoms with Crippen LogP contribution in [-0.2, 0) is 10.0 Å². The van der Waals surface area contributed by atoms with Crippen LogP contribution in [0.15, 0.2) is 47.4 Å². The quantitative estimate of drug-likeness (QED) is 0.473. The molecule has 1 aromatic heterocycles. The van der Waals surface area contributed by atoms with Gasteiger partial charge in [0.15, 0.2) is 5.69 Å². The first kappa shape index (κ1) is 21.0. The molecule has 11 heteroatoms. The molecule has 3 aromatic rings.